The normalized spacial score (nSPS) is 10.4. The van der Waals surface area contributed by atoms with Crippen LogP contribution in [0.25, 0.3) is 11.4 Å². The number of para-hydroxylation sites is 2. The second-order valence-corrected chi connectivity index (χ2v) is 6.13. The van der Waals surface area contributed by atoms with E-state index in [-0.39, 0.29) is 11.6 Å². The van der Waals surface area contributed by atoms with E-state index in [2.05, 4.69) is 20.6 Å². The zero-order valence-corrected chi connectivity index (χ0v) is 16.5. The molecule has 1 heterocycles. The Morgan fingerprint density at radius 3 is 2.55 bits per heavy atom. The standard InChI is InChI=1S/C22H24N4O3/c1-3-29-19-12-8-7-11-17(19)24-20-15-18(22(27)23-13-14-28-2)25-21(26-20)16-9-5-4-6-10-16/h4-12,15H,3,13-14H2,1-2H3,(H,23,27)(H,24,25,26). The molecule has 1 amide bonds. The van der Waals surface area contributed by atoms with Gasteiger partial charge < -0.3 is 20.1 Å². The monoisotopic (exact) mass is 392 g/mol. The van der Waals surface area contributed by atoms with E-state index in [9.17, 15) is 4.79 Å². The van der Waals surface area contributed by atoms with Crippen LogP contribution in [-0.4, -0.2) is 42.7 Å². The quantitative estimate of drug-likeness (QED) is 0.541. The molecule has 0 spiro atoms. The lowest BCUT2D eigenvalue weighted by atomic mass is 10.2. The first-order valence-electron chi connectivity index (χ1n) is 9.41. The maximum absolute atomic E-state index is 12.6. The minimum Gasteiger partial charge on any atom is -0.492 e. The van der Waals surface area contributed by atoms with Crippen LogP contribution < -0.4 is 15.4 Å². The molecule has 0 fully saturated rings. The number of hydrogen-bond acceptors (Lipinski definition) is 6. The van der Waals surface area contributed by atoms with Crippen molar-refractivity contribution >= 4 is 17.4 Å². The van der Waals surface area contributed by atoms with E-state index in [1.165, 1.54) is 0 Å². The lowest BCUT2D eigenvalue weighted by Gasteiger charge is -2.13. The van der Waals surface area contributed by atoms with Crippen molar-refractivity contribution in [3.8, 4) is 17.1 Å². The molecule has 7 nitrogen and oxygen atoms in total. The predicted molar refractivity (Wildman–Crippen MR) is 113 cm³/mol. The number of nitrogens with one attached hydrogen (secondary N) is 2. The third-order valence-corrected chi connectivity index (χ3v) is 4.03. The molecule has 7 heteroatoms. The predicted octanol–water partition coefficient (Wildman–Crippen LogP) is 3.66. The Hall–Kier alpha value is -3.45. The maximum atomic E-state index is 12.6. The molecular formula is C22H24N4O3. The number of amides is 1. The van der Waals surface area contributed by atoms with Crippen molar-refractivity contribution in [1.82, 2.24) is 15.3 Å². The smallest absolute Gasteiger partial charge is 0.270 e. The van der Waals surface area contributed by atoms with Gasteiger partial charge in [0, 0.05) is 25.3 Å². The number of rotatable bonds is 9. The van der Waals surface area contributed by atoms with Crippen molar-refractivity contribution in [1.29, 1.82) is 0 Å². The Bertz CT molecular complexity index is 948. The first-order valence-corrected chi connectivity index (χ1v) is 9.41. The fraction of sp³-hybridized carbons (Fsp3) is 0.227. The summed E-state index contributed by atoms with van der Waals surface area (Å²) in [4.78, 5) is 21.6. The first kappa shape index (κ1) is 20.3. The number of hydrogen-bond donors (Lipinski definition) is 2. The van der Waals surface area contributed by atoms with Gasteiger partial charge in [-0.05, 0) is 19.1 Å². The second-order valence-electron chi connectivity index (χ2n) is 6.13. The molecule has 2 N–H and O–H groups in total. The van der Waals surface area contributed by atoms with Crippen molar-refractivity contribution in [3.63, 3.8) is 0 Å². The van der Waals surface area contributed by atoms with Gasteiger partial charge in [0.25, 0.3) is 5.91 Å². The van der Waals surface area contributed by atoms with E-state index >= 15 is 0 Å². The van der Waals surface area contributed by atoms with E-state index in [0.717, 1.165) is 11.3 Å². The molecule has 0 saturated carbocycles. The summed E-state index contributed by atoms with van der Waals surface area (Å²) in [5.74, 6) is 1.38. The average molecular weight is 392 g/mol. The molecule has 150 valence electrons. The SMILES string of the molecule is CCOc1ccccc1Nc1cc(C(=O)NCCOC)nc(-c2ccccc2)n1. The number of carbonyl (C=O) groups is 1. The van der Waals surface area contributed by atoms with Gasteiger partial charge in [0.05, 0.1) is 18.9 Å². The van der Waals surface area contributed by atoms with Crippen LogP contribution in [0.1, 0.15) is 17.4 Å². The van der Waals surface area contributed by atoms with Gasteiger partial charge in [0.1, 0.15) is 17.3 Å². The summed E-state index contributed by atoms with van der Waals surface area (Å²) < 4.78 is 10.7. The Morgan fingerprint density at radius 1 is 1.03 bits per heavy atom. The highest BCUT2D eigenvalue weighted by Crippen LogP contribution is 2.28. The van der Waals surface area contributed by atoms with Gasteiger partial charge in [-0.2, -0.15) is 0 Å². The lowest BCUT2D eigenvalue weighted by Crippen LogP contribution is -2.28. The summed E-state index contributed by atoms with van der Waals surface area (Å²) >= 11 is 0. The number of ether oxygens (including phenoxy) is 2. The third kappa shape index (κ3) is 5.52. The largest absolute Gasteiger partial charge is 0.492 e. The summed E-state index contributed by atoms with van der Waals surface area (Å²) in [6.07, 6.45) is 0. The topological polar surface area (TPSA) is 85.4 Å². The van der Waals surface area contributed by atoms with Crippen LogP contribution in [0.2, 0.25) is 0 Å². The number of carbonyl (C=O) groups excluding carboxylic acids is 1. The summed E-state index contributed by atoms with van der Waals surface area (Å²) in [6, 6.07) is 18.7. The fourth-order valence-electron chi connectivity index (χ4n) is 2.69. The molecule has 0 bridgehead atoms. The lowest BCUT2D eigenvalue weighted by molar-refractivity contribution is 0.0932. The molecule has 2 aromatic carbocycles. The van der Waals surface area contributed by atoms with E-state index in [4.69, 9.17) is 9.47 Å². The van der Waals surface area contributed by atoms with Gasteiger partial charge in [0.15, 0.2) is 5.82 Å². The summed E-state index contributed by atoms with van der Waals surface area (Å²) in [5.41, 5.74) is 1.85. The first-order chi connectivity index (χ1) is 14.2. The zero-order valence-electron chi connectivity index (χ0n) is 16.5. The van der Waals surface area contributed by atoms with Gasteiger partial charge in [-0.1, -0.05) is 42.5 Å². The van der Waals surface area contributed by atoms with Crippen molar-refractivity contribution in [2.45, 2.75) is 6.92 Å². The highest BCUT2D eigenvalue weighted by atomic mass is 16.5. The van der Waals surface area contributed by atoms with E-state index < -0.39 is 0 Å². The van der Waals surface area contributed by atoms with Gasteiger partial charge in [-0.25, -0.2) is 9.97 Å². The van der Waals surface area contributed by atoms with Crippen LogP contribution >= 0.6 is 0 Å². The van der Waals surface area contributed by atoms with Crippen molar-refractivity contribution < 1.29 is 14.3 Å². The van der Waals surface area contributed by atoms with Crippen LogP contribution in [0.4, 0.5) is 11.5 Å². The summed E-state index contributed by atoms with van der Waals surface area (Å²) in [6.45, 7) is 3.30. The molecule has 29 heavy (non-hydrogen) atoms. The molecule has 0 aliphatic heterocycles. The molecule has 0 aliphatic rings. The second kappa shape index (κ2) is 10.2. The van der Waals surface area contributed by atoms with Gasteiger partial charge in [-0.15, -0.1) is 0 Å². The molecule has 0 radical (unpaired) electrons. The van der Waals surface area contributed by atoms with Gasteiger partial charge in [-0.3, -0.25) is 4.79 Å². The molecule has 3 aromatic rings. The highest BCUT2D eigenvalue weighted by molar-refractivity contribution is 5.93. The van der Waals surface area contributed by atoms with Crippen LogP contribution in [0, 0.1) is 0 Å². The van der Waals surface area contributed by atoms with Crippen molar-refractivity contribution in [2.75, 3.05) is 32.2 Å². The zero-order chi connectivity index (χ0) is 20.5. The van der Waals surface area contributed by atoms with E-state index in [0.29, 0.717) is 37.2 Å². The van der Waals surface area contributed by atoms with Crippen LogP contribution in [0.3, 0.4) is 0 Å². The maximum Gasteiger partial charge on any atom is 0.270 e. The number of methoxy groups -OCH3 is 1. The van der Waals surface area contributed by atoms with Crippen LogP contribution in [-0.2, 0) is 4.74 Å². The molecule has 1 aromatic heterocycles. The number of nitrogens with zero attached hydrogens (tertiary/aromatic N) is 2. The fourth-order valence-corrected chi connectivity index (χ4v) is 2.69. The van der Waals surface area contributed by atoms with E-state index in [1.807, 2.05) is 61.5 Å². The molecule has 0 unspecified atom stereocenters. The Kier molecular flexibility index (Phi) is 7.13. The van der Waals surface area contributed by atoms with Crippen molar-refractivity contribution in [3.05, 3.63) is 66.4 Å². The molecule has 3 rings (SSSR count). The number of aromatic nitrogens is 2. The summed E-state index contributed by atoms with van der Waals surface area (Å²) in [5, 5.41) is 6.04. The molecule has 0 saturated heterocycles. The Labute approximate surface area is 170 Å². The average Bonchev–Trinajstić information content (AvgIpc) is 2.76. The highest BCUT2D eigenvalue weighted by Gasteiger charge is 2.14. The summed E-state index contributed by atoms with van der Waals surface area (Å²) in [7, 11) is 1.59. The molecule has 0 aliphatic carbocycles. The van der Waals surface area contributed by atoms with Crippen LogP contribution in [0.5, 0.6) is 5.75 Å². The third-order valence-electron chi connectivity index (χ3n) is 4.03. The Morgan fingerprint density at radius 2 is 1.79 bits per heavy atom. The number of anilines is 2. The minimum absolute atomic E-state index is 0.270. The van der Waals surface area contributed by atoms with Crippen molar-refractivity contribution in [2.24, 2.45) is 0 Å². The van der Waals surface area contributed by atoms with Crippen LogP contribution in [0.15, 0.2) is 60.7 Å². The van der Waals surface area contributed by atoms with E-state index in [1.54, 1.807) is 13.2 Å². The molecular weight excluding hydrogens is 368 g/mol. The van der Waals surface area contributed by atoms with Gasteiger partial charge in [0.2, 0.25) is 0 Å². The van der Waals surface area contributed by atoms with Gasteiger partial charge >= 0.3 is 0 Å². The Balaban J connectivity index is 1.95. The minimum atomic E-state index is -0.289. The number of benzene rings is 2. The molecule has 0 atom stereocenters.